The number of hydrogen-bond donors (Lipinski definition) is 1. The van der Waals surface area contributed by atoms with Gasteiger partial charge in [-0.1, -0.05) is 12.1 Å². The zero-order valence-electron chi connectivity index (χ0n) is 7.19. The van der Waals surface area contributed by atoms with Gasteiger partial charge in [-0.3, -0.25) is 0 Å². The fourth-order valence-electron chi connectivity index (χ4n) is 0.974. The minimum Gasteiger partial charge on any atom is -0.309 e. The molecule has 0 amide bonds. The molecule has 0 bridgehead atoms. The van der Waals surface area contributed by atoms with Gasteiger partial charge >= 0.3 is 0 Å². The van der Waals surface area contributed by atoms with E-state index in [4.69, 9.17) is 0 Å². The van der Waals surface area contributed by atoms with Gasteiger partial charge in [0.15, 0.2) is 0 Å². The molecule has 13 heavy (non-hydrogen) atoms. The first kappa shape index (κ1) is 9.86. The maximum Gasteiger partial charge on any atom is 0.130 e. The Morgan fingerprint density at radius 2 is 2.15 bits per heavy atom. The summed E-state index contributed by atoms with van der Waals surface area (Å²) in [6, 6.07) is 3.56. The molecule has 1 aromatic carbocycles. The lowest BCUT2D eigenvalue weighted by atomic mass is 10.2. The van der Waals surface area contributed by atoms with Crippen LogP contribution in [0.1, 0.15) is 5.56 Å². The number of nitrogens with one attached hydrogen (secondary N) is 1. The second-order valence-electron chi connectivity index (χ2n) is 2.66. The van der Waals surface area contributed by atoms with Gasteiger partial charge in [0.25, 0.3) is 0 Å². The third-order valence-electron chi connectivity index (χ3n) is 1.62. The second kappa shape index (κ2) is 4.72. The normalized spacial score (nSPS) is 10.0. The van der Waals surface area contributed by atoms with Crippen LogP contribution in [-0.4, -0.2) is 6.54 Å². The predicted octanol–water partition coefficient (Wildman–Crippen LogP) is 2.24. The van der Waals surface area contributed by atoms with E-state index in [0.717, 1.165) is 6.07 Å². The molecule has 0 atom stereocenters. The average Bonchev–Trinajstić information content (AvgIpc) is 2.09. The van der Waals surface area contributed by atoms with E-state index in [1.807, 2.05) is 0 Å². The van der Waals surface area contributed by atoms with Gasteiger partial charge in [0.2, 0.25) is 0 Å². The van der Waals surface area contributed by atoms with Crippen LogP contribution in [0.4, 0.5) is 8.78 Å². The quantitative estimate of drug-likeness (QED) is 0.557. The van der Waals surface area contributed by atoms with Crippen molar-refractivity contribution in [2.24, 2.45) is 0 Å². The van der Waals surface area contributed by atoms with Crippen molar-refractivity contribution in [3.05, 3.63) is 48.1 Å². The van der Waals surface area contributed by atoms with E-state index in [1.54, 1.807) is 6.08 Å². The summed E-state index contributed by atoms with van der Waals surface area (Å²) in [4.78, 5) is 0. The summed E-state index contributed by atoms with van der Waals surface area (Å²) in [7, 11) is 0. The van der Waals surface area contributed by atoms with Crippen LogP contribution in [0, 0.1) is 11.6 Å². The van der Waals surface area contributed by atoms with E-state index in [9.17, 15) is 8.78 Å². The summed E-state index contributed by atoms with van der Waals surface area (Å²) in [5.74, 6) is -1.07. The molecule has 0 unspecified atom stereocenters. The van der Waals surface area contributed by atoms with Gasteiger partial charge < -0.3 is 5.32 Å². The SMILES string of the molecule is C=CCNCc1ccc(F)cc1F. The second-order valence-corrected chi connectivity index (χ2v) is 2.66. The Hall–Kier alpha value is -1.22. The minimum atomic E-state index is -0.551. The molecular formula is C10H11F2N. The lowest BCUT2D eigenvalue weighted by Gasteiger charge is -2.03. The Balaban J connectivity index is 2.61. The fraction of sp³-hybridized carbons (Fsp3) is 0.200. The molecule has 0 aliphatic carbocycles. The first-order valence-corrected chi connectivity index (χ1v) is 3.99. The minimum absolute atomic E-state index is 0.387. The standard InChI is InChI=1S/C10H11F2N/c1-2-5-13-7-8-3-4-9(11)6-10(8)12/h2-4,6,13H,1,5,7H2. The van der Waals surface area contributed by atoms with Crippen molar-refractivity contribution in [3.8, 4) is 0 Å². The Kier molecular flexibility index (Phi) is 3.58. The molecule has 1 N–H and O–H groups in total. The van der Waals surface area contributed by atoms with Crippen LogP contribution in [0.2, 0.25) is 0 Å². The number of halogens is 2. The molecule has 1 aromatic rings. The van der Waals surface area contributed by atoms with E-state index in [1.165, 1.54) is 12.1 Å². The van der Waals surface area contributed by atoms with Gasteiger partial charge in [0.1, 0.15) is 11.6 Å². The molecule has 0 aliphatic heterocycles. The third kappa shape index (κ3) is 2.95. The first-order valence-electron chi connectivity index (χ1n) is 3.99. The molecule has 0 saturated heterocycles. The summed E-state index contributed by atoms with van der Waals surface area (Å²) >= 11 is 0. The number of hydrogen-bond acceptors (Lipinski definition) is 1. The van der Waals surface area contributed by atoms with E-state index in [0.29, 0.717) is 18.7 Å². The highest BCUT2D eigenvalue weighted by molar-refractivity contribution is 5.18. The third-order valence-corrected chi connectivity index (χ3v) is 1.62. The molecule has 70 valence electrons. The van der Waals surface area contributed by atoms with Crippen molar-refractivity contribution < 1.29 is 8.78 Å². The van der Waals surface area contributed by atoms with E-state index < -0.39 is 11.6 Å². The summed E-state index contributed by atoms with van der Waals surface area (Å²) < 4.78 is 25.4. The van der Waals surface area contributed by atoms with Crippen molar-refractivity contribution in [2.45, 2.75) is 6.54 Å². The predicted molar refractivity (Wildman–Crippen MR) is 48.3 cm³/mol. The molecule has 0 aliphatic rings. The van der Waals surface area contributed by atoms with Crippen LogP contribution in [0.15, 0.2) is 30.9 Å². The zero-order chi connectivity index (χ0) is 9.68. The lowest BCUT2D eigenvalue weighted by Crippen LogP contribution is -2.13. The number of rotatable bonds is 4. The Labute approximate surface area is 76.1 Å². The molecule has 1 rings (SSSR count). The maximum atomic E-state index is 13.0. The molecule has 0 radical (unpaired) electrons. The van der Waals surface area contributed by atoms with Crippen molar-refractivity contribution in [1.82, 2.24) is 5.32 Å². The largest absolute Gasteiger partial charge is 0.309 e. The molecule has 1 nitrogen and oxygen atoms in total. The average molecular weight is 183 g/mol. The zero-order valence-corrected chi connectivity index (χ0v) is 7.19. The van der Waals surface area contributed by atoms with Crippen molar-refractivity contribution >= 4 is 0 Å². The van der Waals surface area contributed by atoms with Crippen molar-refractivity contribution in [1.29, 1.82) is 0 Å². The van der Waals surface area contributed by atoms with Gasteiger partial charge in [0, 0.05) is 24.7 Å². The Morgan fingerprint density at radius 3 is 2.77 bits per heavy atom. The lowest BCUT2D eigenvalue weighted by molar-refractivity contribution is 0.565. The molecule has 0 fully saturated rings. The van der Waals surface area contributed by atoms with E-state index in [2.05, 4.69) is 11.9 Å². The molecule has 0 spiro atoms. The van der Waals surface area contributed by atoms with Crippen LogP contribution in [0.25, 0.3) is 0 Å². The van der Waals surface area contributed by atoms with Crippen LogP contribution >= 0.6 is 0 Å². The van der Waals surface area contributed by atoms with Gasteiger partial charge in [-0.05, 0) is 6.07 Å². The molecule has 0 heterocycles. The molecule has 0 saturated carbocycles. The molecular weight excluding hydrogens is 172 g/mol. The van der Waals surface area contributed by atoms with Crippen LogP contribution < -0.4 is 5.32 Å². The Morgan fingerprint density at radius 1 is 1.38 bits per heavy atom. The van der Waals surface area contributed by atoms with E-state index >= 15 is 0 Å². The molecule has 0 aromatic heterocycles. The fourth-order valence-corrected chi connectivity index (χ4v) is 0.974. The van der Waals surface area contributed by atoms with Crippen molar-refractivity contribution in [3.63, 3.8) is 0 Å². The monoisotopic (exact) mass is 183 g/mol. The highest BCUT2D eigenvalue weighted by atomic mass is 19.1. The first-order chi connectivity index (χ1) is 6.24. The van der Waals surface area contributed by atoms with Crippen LogP contribution in [-0.2, 0) is 6.54 Å². The summed E-state index contributed by atoms with van der Waals surface area (Å²) in [6.07, 6.45) is 1.68. The highest BCUT2D eigenvalue weighted by Gasteiger charge is 2.01. The van der Waals surface area contributed by atoms with Gasteiger partial charge in [-0.15, -0.1) is 6.58 Å². The topological polar surface area (TPSA) is 12.0 Å². The maximum absolute atomic E-state index is 13.0. The van der Waals surface area contributed by atoms with Gasteiger partial charge in [-0.25, -0.2) is 8.78 Å². The summed E-state index contributed by atoms with van der Waals surface area (Å²) in [5.41, 5.74) is 0.461. The van der Waals surface area contributed by atoms with Gasteiger partial charge in [0.05, 0.1) is 0 Å². The van der Waals surface area contributed by atoms with Crippen LogP contribution in [0.3, 0.4) is 0 Å². The number of benzene rings is 1. The summed E-state index contributed by atoms with van der Waals surface area (Å²) in [6.45, 7) is 4.51. The highest BCUT2D eigenvalue weighted by Crippen LogP contribution is 2.08. The van der Waals surface area contributed by atoms with E-state index in [-0.39, 0.29) is 0 Å². The van der Waals surface area contributed by atoms with Crippen LogP contribution in [0.5, 0.6) is 0 Å². The smallest absolute Gasteiger partial charge is 0.130 e. The Bertz CT molecular complexity index is 297. The van der Waals surface area contributed by atoms with Gasteiger partial charge in [-0.2, -0.15) is 0 Å². The molecule has 3 heteroatoms. The summed E-state index contributed by atoms with van der Waals surface area (Å²) in [5, 5.41) is 2.93. The van der Waals surface area contributed by atoms with Crippen molar-refractivity contribution in [2.75, 3.05) is 6.54 Å².